The Morgan fingerprint density at radius 2 is 1.92 bits per heavy atom. The van der Waals surface area contributed by atoms with Gasteiger partial charge in [-0.05, 0) is 60.9 Å². The Hall–Kier alpha value is -2.82. The molecular formula is C21H24N2O3. The van der Waals surface area contributed by atoms with Gasteiger partial charge in [0.1, 0.15) is 5.75 Å². The molecule has 3 rings (SSSR count). The number of fused-ring (bicyclic) bond motifs is 1. The fraction of sp³-hybridized carbons (Fsp3) is 0.333. The summed E-state index contributed by atoms with van der Waals surface area (Å²) in [5, 5.41) is 2.82. The van der Waals surface area contributed by atoms with E-state index < -0.39 is 0 Å². The van der Waals surface area contributed by atoms with Crippen LogP contribution < -0.4 is 15.0 Å². The van der Waals surface area contributed by atoms with Crippen LogP contribution in [0.1, 0.15) is 42.1 Å². The van der Waals surface area contributed by atoms with Crippen LogP contribution in [0.4, 0.5) is 11.4 Å². The average molecular weight is 352 g/mol. The summed E-state index contributed by atoms with van der Waals surface area (Å²) in [7, 11) is 2.05. The van der Waals surface area contributed by atoms with E-state index in [9.17, 15) is 9.59 Å². The summed E-state index contributed by atoms with van der Waals surface area (Å²) < 4.78 is 5.49. The zero-order valence-corrected chi connectivity index (χ0v) is 15.2. The van der Waals surface area contributed by atoms with Crippen LogP contribution in [0.25, 0.3) is 0 Å². The number of hydrogen-bond donors (Lipinski definition) is 1. The zero-order chi connectivity index (χ0) is 18.5. The lowest BCUT2D eigenvalue weighted by Gasteiger charge is -2.19. The van der Waals surface area contributed by atoms with Crippen molar-refractivity contribution in [2.24, 2.45) is 0 Å². The summed E-state index contributed by atoms with van der Waals surface area (Å²) in [5.74, 6) is 0.132. The number of unbranched alkanes of at least 4 members (excludes halogenated alkanes) is 1. The van der Waals surface area contributed by atoms with Crippen LogP contribution in [0.5, 0.6) is 5.75 Å². The SMILES string of the molecule is CCCCN(C)c1ccc(C(=O)Oc2ccc3c(c2)CCC(=O)N3)cc1. The van der Waals surface area contributed by atoms with Crippen LogP contribution in [0, 0.1) is 0 Å². The molecule has 0 bridgehead atoms. The van der Waals surface area contributed by atoms with E-state index in [4.69, 9.17) is 4.74 Å². The van der Waals surface area contributed by atoms with Crippen LogP contribution in [0.3, 0.4) is 0 Å². The second-order valence-corrected chi connectivity index (χ2v) is 6.58. The molecule has 26 heavy (non-hydrogen) atoms. The molecule has 2 aromatic carbocycles. The minimum atomic E-state index is -0.382. The fourth-order valence-corrected chi connectivity index (χ4v) is 2.97. The molecule has 0 aromatic heterocycles. The molecule has 0 saturated heterocycles. The van der Waals surface area contributed by atoms with Crippen molar-refractivity contribution in [1.82, 2.24) is 0 Å². The van der Waals surface area contributed by atoms with Crippen molar-refractivity contribution in [3.63, 3.8) is 0 Å². The first kappa shape index (κ1) is 18.0. The number of carbonyl (C=O) groups excluding carboxylic acids is 2. The van der Waals surface area contributed by atoms with E-state index >= 15 is 0 Å². The van der Waals surface area contributed by atoms with Gasteiger partial charge < -0.3 is 15.0 Å². The molecule has 0 fully saturated rings. The third kappa shape index (κ3) is 4.23. The zero-order valence-electron chi connectivity index (χ0n) is 15.2. The number of nitrogens with zero attached hydrogens (tertiary/aromatic N) is 1. The van der Waals surface area contributed by atoms with E-state index in [2.05, 4.69) is 24.2 Å². The van der Waals surface area contributed by atoms with Gasteiger partial charge in [-0.1, -0.05) is 13.3 Å². The molecule has 5 heteroatoms. The van der Waals surface area contributed by atoms with Crippen LogP contribution >= 0.6 is 0 Å². The first-order chi connectivity index (χ1) is 12.6. The van der Waals surface area contributed by atoms with Crippen LogP contribution in [-0.2, 0) is 11.2 Å². The van der Waals surface area contributed by atoms with Crippen molar-refractivity contribution >= 4 is 23.3 Å². The normalized spacial score (nSPS) is 12.9. The third-order valence-electron chi connectivity index (χ3n) is 4.57. The summed E-state index contributed by atoms with van der Waals surface area (Å²) in [4.78, 5) is 26.0. The number of aryl methyl sites for hydroxylation is 1. The maximum absolute atomic E-state index is 12.4. The Kier molecular flexibility index (Phi) is 5.56. The van der Waals surface area contributed by atoms with Gasteiger partial charge in [-0.2, -0.15) is 0 Å². The van der Waals surface area contributed by atoms with E-state index in [1.165, 1.54) is 0 Å². The fourth-order valence-electron chi connectivity index (χ4n) is 2.97. The second-order valence-electron chi connectivity index (χ2n) is 6.58. The van der Waals surface area contributed by atoms with Crippen LogP contribution in [-0.4, -0.2) is 25.5 Å². The molecule has 0 radical (unpaired) electrons. The quantitative estimate of drug-likeness (QED) is 0.630. The topological polar surface area (TPSA) is 58.6 Å². The lowest BCUT2D eigenvalue weighted by atomic mass is 10.0. The number of carbonyl (C=O) groups is 2. The number of nitrogens with one attached hydrogen (secondary N) is 1. The Morgan fingerprint density at radius 3 is 2.65 bits per heavy atom. The first-order valence-corrected chi connectivity index (χ1v) is 9.03. The molecular weight excluding hydrogens is 328 g/mol. The largest absolute Gasteiger partial charge is 0.423 e. The molecule has 1 N–H and O–H groups in total. The number of benzene rings is 2. The second kappa shape index (κ2) is 8.04. The molecule has 1 heterocycles. The molecule has 0 spiro atoms. The highest BCUT2D eigenvalue weighted by Crippen LogP contribution is 2.27. The van der Waals surface area contributed by atoms with Gasteiger partial charge in [-0.3, -0.25) is 4.79 Å². The van der Waals surface area contributed by atoms with Crippen molar-refractivity contribution in [3.8, 4) is 5.75 Å². The van der Waals surface area contributed by atoms with Crippen molar-refractivity contribution in [2.75, 3.05) is 23.8 Å². The van der Waals surface area contributed by atoms with Gasteiger partial charge in [-0.25, -0.2) is 4.79 Å². The maximum Gasteiger partial charge on any atom is 0.343 e. The van der Waals surface area contributed by atoms with Gasteiger partial charge in [0.2, 0.25) is 5.91 Å². The molecule has 1 aliphatic heterocycles. The smallest absolute Gasteiger partial charge is 0.343 e. The Labute approximate surface area is 154 Å². The van der Waals surface area contributed by atoms with Gasteiger partial charge in [0, 0.05) is 31.4 Å². The molecule has 5 nitrogen and oxygen atoms in total. The minimum Gasteiger partial charge on any atom is -0.423 e. The van der Waals surface area contributed by atoms with Gasteiger partial charge in [-0.15, -0.1) is 0 Å². The highest BCUT2D eigenvalue weighted by molar-refractivity contribution is 5.94. The predicted octanol–water partition coefficient (Wildman–Crippen LogP) is 4.03. The highest BCUT2D eigenvalue weighted by Gasteiger charge is 2.16. The van der Waals surface area contributed by atoms with E-state index in [0.29, 0.717) is 24.2 Å². The summed E-state index contributed by atoms with van der Waals surface area (Å²) >= 11 is 0. The van der Waals surface area contributed by atoms with E-state index in [-0.39, 0.29) is 11.9 Å². The number of rotatable bonds is 6. The van der Waals surface area contributed by atoms with Crippen LogP contribution in [0.15, 0.2) is 42.5 Å². The van der Waals surface area contributed by atoms with Gasteiger partial charge >= 0.3 is 5.97 Å². The molecule has 0 saturated carbocycles. The lowest BCUT2D eigenvalue weighted by Crippen LogP contribution is -2.19. The van der Waals surface area contributed by atoms with E-state index in [1.807, 2.05) is 18.2 Å². The third-order valence-corrected chi connectivity index (χ3v) is 4.57. The van der Waals surface area contributed by atoms with Crippen molar-refractivity contribution in [1.29, 1.82) is 0 Å². The molecule has 0 atom stereocenters. The maximum atomic E-state index is 12.4. The first-order valence-electron chi connectivity index (χ1n) is 9.03. The van der Waals surface area contributed by atoms with Gasteiger partial charge in [0.05, 0.1) is 5.56 Å². The molecule has 136 valence electrons. The molecule has 1 aliphatic rings. The molecule has 0 aliphatic carbocycles. The standard InChI is InChI=1S/C21H24N2O3/c1-3-4-13-23(2)17-8-5-15(6-9-17)21(25)26-18-10-11-19-16(14-18)7-12-20(24)22-19/h5-6,8-11,14H,3-4,7,12-13H2,1-2H3,(H,22,24). The average Bonchev–Trinajstić information content (AvgIpc) is 2.66. The van der Waals surface area contributed by atoms with Crippen molar-refractivity contribution < 1.29 is 14.3 Å². The summed E-state index contributed by atoms with van der Waals surface area (Å²) in [6, 6.07) is 12.8. The summed E-state index contributed by atoms with van der Waals surface area (Å²) in [6.07, 6.45) is 3.40. The van der Waals surface area contributed by atoms with Crippen molar-refractivity contribution in [2.45, 2.75) is 32.6 Å². The molecule has 0 unspecified atom stereocenters. The number of hydrogen-bond acceptors (Lipinski definition) is 4. The predicted molar refractivity (Wildman–Crippen MR) is 103 cm³/mol. The number of anilines is 2. The lowest BCUT2D eigenvalue weighted by molar-refractivity contribution is -0.116. The number of esters is 1. The minimum absolute atomic E-state index is 0.0197. The van der Waals surface area contributed by atoms with E-state index in [0.717, 1.165) is 36.3 Å². The summed E-state index contributed by atoms with van der Waals surface area (Å²) in [6.45, 7) is 3.16. The Morgan fingerprint density at radius 1 is 1.15 bits per heavy atom. The summed E-state index contributed by atoms with van der Waals surface area (Å²) in [5.41, 5.74) is 3.38. The highest BCUT2D eigenvalue weighted by atomic mass is 16.5. The van der Waals surface area contributed by atoms with Crippen molar-refractivity contribution in [3.05, 3.63) is 53.6 Å². The van der Waals surface area contributed by atoms with E-state index in [1.54, 1.807) is 24.3 Å². The monoisotopic (exact) mass is 352 g/mol. The molecule has 2 aromatic rings. The van der Waals surface area contributed by atoms with Gasteiger partial charge in [0.25, 0.3) is 0 Å². The Balaban J connectivity index is 1.65. The van der Waals surface area contributed by atoms with Crippen LogP contribution in [0.2, 0.25) is 0 Å². The number of ether oxygens (including phenoxy) is 1. The molecule has 1 amide bonds. The number of amides is 1. The Bertz CT molecular complexity index is 799. The van der Waals surface area contributed by atoms with Gasteiger partial charge in [0.15, 0.2) is 0 Å².